The molecule has 0 radical (unpaired) electrons. The Morgan fingerprint density at radius 1 is 1.50 bits per heavy atom. The Kier molecular flexibility index (Phi) is 4.26. The standard InChI is InChI=1S/C10H14ClN3OS/c11-10-13-6-3-9(14-10)16(15)7-8-1-4-12-5-2-8/h3,6,8,12H,1-2,4-5,7H2/t16-/m1/s1. The van der Waals surface area contributed by atoms with Gasteiger partial charge in [0, 0.05) is 11.9 Å². The van der Waals surface area contributed by atoms with E-state index >= 15 is 0 Å². The van der Waals surface area contributed by atoms with Gasteiger partial charge >= 0.3 is 0 Å². The fourth-order valence-corrected chi connectivity index (χ4v) is 3.32. The van der Waals surface area contributed by atoms with Crippen LogP contribution in [0.25, 0.3) is 0 Å². The third-order valence-corrected chi connectivity index (χ3v) is 4.33. The van der Waals surface area contributed by atoms with E-state index in [9.17, 15) is 4.21 Å². The van der Waals surface area contributed by atoms with Crippen molar-refractivity contribution in [3.63, 3.8) is 0 Å². The van der Waals surface area contributed by atoms with Gasteiger partial charge in [-0.25, -0.2) is 9.97 Å². The fraction of sp³-hybridized carbons (Fsp3) is 0.600. The summed E-state index contributed by atoms with van der Waals surface area (Å²) >= 11 is 5.67. The van der Waals surface area contributed by atoms with Crippen LogP contribution in [0.15, 0.2) is 17.3 Å². The van der Waals surface area contributed by atoms with Gasteiger partial charge in [0.15, 0.2) is 0 Å². The zero-order valence-corrected chi connectivity index (χ0v) is 10.4. The summed E-state index contributed by atoms with van der Waals surface area (Å²) < 4.78 is 12.0. The minimum Gasteiger partial charge on any atom is -0.317 e. The number of nitrogens with zero attached hydrogens (tertiary/aromatic N) is 2. The van der Waals surface area contributed by atoms with Crippen LogP contribution in [0, 0.1) is 5.92 Å². The topological polar surface area (TPSA) is 54.9 Å². The molecule has 0 saturated carbocycles. The van der Waals surface area contributed by atoms with Crippen molar-refractivity contribution in [3.05, 3.63) is 17.5 Å². The second-order valence-corrected chi connectivity index (χ2v) is 5.65. The molecule has 0 bridgehead atoms. The predicted molar refractivity (Wildman–Crippen MR) is 63.9 cm³/mol. The molecule has 4 nitrogen and oxygen atoms in total. The highest BCUT2D eigenvalue weighted by molar-refractivity contribution is 7.84. The Labute approximate surface area is 102 Å². The van der Waals surface area contributed by atoms with Crippen LogP contribution >= 0.6 is 11.6 Å². The Bertz CT molecular complexity index is 382. The SMILES string of the molecule is O=[S@](CC1CCNCC1)c1ccnc(Cl)n1. The van der Waals surface area contributed by atoms with Gasteiger partial charge in [-0.2, -0.15) is 0 Å². The molecule has 1 aliphatic rings. The summed E-state index contributed by atoms with van der Waals surface area (Å²) in [6.45, 7) is 2.04. The zero-order chi connectivity index (χ0) is 11.4. The van der Waals surface area contributed by atoms with E-state index in [1.54, 1.807) is 12.3 Å². The molecule has 1 atom stereocenters. The minimum absolute atomic E-state index is 0.163. The molecule has 1 aliphatic heterocycles. The van der Waals surface area contributed by atoms with E-state index in [1.807, 2.05) is 0 Å². The van der Waals surface area contributed by atoms with Crippen LogP contribution < -0.4 is 5.32 Å². The Morgan fingerprint density at radius 3 is 2.94 bits per heavy atom. The maximum atomic E-state index is 12.0. The molecule has 6 heteroatoms. The molecule has 0 aliphatic carbocycles. The second-order valence-electron chi connectivity index (χ2n) is 3.87. The number of hydrogen-bond donors (Lipinski definition) is 1. The molecule has 1 aromatic heterocycles. The van der Waals surface area contributed by atoms with Crippen LogP contribution in [0.4, 0.5) is 0 Å². The third kappa shape index (κ3) is 3.23. The maximum Gasteiger partial charge on any atom is 0.223 e. The van der Waals surface area contributed by atoms with Crippen LogP contribution in [-0.4, -0.2) is 33.0 Å². The molecule has 88 valence electrons. The number of aromatic nitrogens is 2. The highest BCUT2D eigenvalue weighted by Gasteiger charge is 2.17. The summed E-state index contributed by atoms with van der Waals surface area (Å²) in [7, 11) is -1.05. The fourth-order valence-electron chi connectivity index (χ4n) is 1.79. The molecular formula is C10H14ClN3OS. The third-order valence-electron chi connectivity index (χ3n) is 2.68. The zero-order valence-electron chi connectivity index (χ0n) is 8.86. The van der Waals surface area contributed by atoms with Crippen molar-refractivity contribution in [1.82, 2.24) is 15.3 Å². The van der Waals surface area contributed by atoms with Crippen molar-refractivity contribution in [2.45, 2.75) is 17.9 Å². The van der Waals surface area contributed by atoms with Crippen LogP contribution in [0.5, 0.6) is 0 Å². The molecular weight excluding hydrogens is 246 g/mol. The number of piperidine rings is 1. The molecule has 0 spiro atoms. The van der Waals surface area contributed by atoms with Crippen LogP contribution in [0.1, 0.15) is 12.8 Å². The van der Waals surface area contributed by atoms with Crippen molar-refractivity contribution in [2.24, 2.45) is 5.92 Å². The van der Waals surface area contributed by atoms with E-state index in [1.165, 1.54) is 0 Å². The predicted octanol–water partition coefficient (Wildman–Crippen LogP) is 1.24. The van der Waals surface area contributed by atoms with E-state index in [-0.39, 0.29) is 5.28 Å². The largest absolute Gasteiger partial charge is 0.317 e. The lowest BCUT2D eigenvalue weighted by molar-refractivity contribution is 0.405. The molecule has 1 aromatic rings. The van der Waals surface area contributed by atoms with Gasteiger partial charge in [-0.1, -0.05) is 0 Å². The number of rotatable bonds is 3. The molecule has 0 unspecified atom stereocenters. The summed E-state index contributed by atoms with van der Waals surface area (Å²) in [6, 6.07) is 1.67. The monoisotopic (exact) mass is 259 g/mol. The van der Waals surface area contributed by atoms with Gasteiger partial charge in [-0.15, -0.1) is 0 Å². The minimum atomic E-state index is -1.05. The molecule has 1 saturated heterocycles. The molecule has 2 heterocycles. The first-order chi connectivity index (χ1) is 7.75. The molecule has 1 N–H and O–H groups in total. The average molecular weight is 260 g/mol. The van der Waals surface area contributed by atoms with Crippen molar-refractivity contribution in [3.8, 4) is 0 Å². The lowest BCUT2D eigenvalue weighted by atomic mass is 10.0. The van der Waals surface area contributed by atoms with E-state index in [4.69, 9.17) is 11.6 Å². The van der Waals surface area contributed by atoms with E-state index < -0.39 is 10.8 Å². The summed E-state index contributed by atoms with van der Waals surface area (Å²) in [6.07, 6.45) is 3.72. The highest BCUT2D eigenvalue weighted by Crippen LogP contribution is 2.16. The van der Waals surface area contributed by atoms with Gasteiger partial charge in [-0.05, 0) is 49.5 Å². The first-order valence-electron chi connectivity index (χ1n) is 5.33. The normalized spacial score (nSPS) is 19.6. The van der Waals surface area contributed by atoms with Crippen molar-refractivity contribution in [1.29, 1.82) is 0 Å². The summed E-state index contributed by atoms with van der Waals surface area (Å²) in [5.74, 6) is 1.20. The Balaban J connectivity index is 1.97. The maximum absolute atomic E-state index is 12.0. The molecule has 2 rings (SSSR count). The Hall–Kier alpha value is -0.520. The Morgan fingerprint density at radius 2 is 2.25 bits per heavy atom. The van der Waals surface area contributed by atoms with Crippen molar-refractivity contribution in [2.75, 3.05) is 18.8 Å². The molecule has 0 aromatic carbocycles. The summed E-state index contributed by atoms with van der Waals surface area (Å²) in [4.78, 5) is 7.76. The molecule has 0 amide bonds. The number of nitrogens with one attached hydrogen (secondary N) is 1. The summed E-state index contributed by atoms with van der Waals surface area (Å²) in [5.41, 5.74) is 0. The van der Waals surface area contributed by atoms with Gasteiger partial charge in [-0.3, -0.25) is 4.21 Å². The van der Waals surface area contributed by atoms with E-state index in [0.29, 0.717) is 16.7 Å². The van der Waals surface area contributed by atoms with E-state index in [0.717, 1.165) is 25.9 Å². The smallest absolute Gasteiger partial charge is 0.223 e. The average Bonchev–Trinajstić information content (AvgIpc) is 2.30. The highest BCUT2D eigenvalue weighted by atomic mass is 35.5. The van der Waals surface area contributed by atoms with Gasteiger partial charge < -0.3 is 5.32 Å². The van der Waals surface area contributed by atoms with Gasteiger partial charge in [0.1, 0.15) is 5.03 Å². The van der Waals surface area contributed by atoms with Crippen molar-refractivity contribution < 1.29 is 4.21 Å². The van der Waals surface area contributed by atoms with Gasteiger partial charge in [0.25, 0.3) is 0 Å². The number of hydrogen-bond acceptors (Lipinski definition) is 4. The molecule has 1 fully saturated rings. The van der Waals surface area contributed by atoms with E-state index in [2.05, 4.69) is 15.3 Å². The van der Waals surface area contributed by atoms with Crippen LogP contribution in [-0.2, 0) is 10.8 Å². The second kappa shape index (κ2) is 5.70. The first kappa shape index (κ1) is 12.0. The number of halogens is 1. The van der Waals surface area contributed by atoms with Crippen molar-refractivity contribution >= 4 is 22.4 Å². The quantitative estimate of drug-likeness (QED) is 0.656. The lowest BCUT2D eigenvalue weighted by Gasteiger charge is -2.21. The lowest BCUT2D eigenvalue weighted by Crippen LogP contribution is -2.30. The first-order valence-corrected chi connectivity index (χ1v) is 7.03. The summed E-state index contributed by atoms with van der Waals surface area (Å²) in [5, 5.41) is 3.99. The molecule has 16 heavy (non-hydrogen) atoms. The van der Waals surface area contributed by atoms with Gasteiger partial charge in [0.2, 0.25) is 5.28 Å². The van der Waals surface area contributed by atoms with Gasteiger partial charge in [0.05, 0.1) is 10.8 Å². The van der Waals surface area contributed by atoms with Crippen LogP contribution in [0.2, 0.25) is 5.28 Å². The van der Waals surface area contributed by atoms with Crippen LogP contribution in [0.3, 0.4) is 0 Å².